The van der Waals surface area contributed by atoms with Gasteiger partial charge in [0, 0.05) is 12.4 Å². The Balaban J connectivity index is 2.11. The van der Waals surface area contributed by atoms with Crippen molar-refractivity contribution < 1.29 is 4.42 Å². The molecule has 18 heavy (non-hydrogen) atoms. The lowest BCUT2D eigenvalue weighted by molar-refractivity contribution is 0.618. The predicted molar refractivity (Wildman–Crippen MR) is 67.7 cm³/mol. The molecule has 4 nitrogen and oxygen atoms in total. The zero-order valence-corrected chi connectivity index (χ0v) is 9.92. The van der Waals surface area contributed by atoms with Gasteiger partial charge in [-0.15, -0.1) is 0 Å². The number of benzene rings is 1. The Morgan fingerprint density at radius 1 is 1.33 bits per heavy atom. The zero-order valence-electron chi connectivity index (χ0n) is 9.92. The number of aromatic nitrogens is 2. The predicted octanol–water partition coefficient (Wildman–Crippen LogP) is 2.90. The van der Waals surface area contributed by atoms with Crippen LogP contribution in [0.15, 0.2) is 40.8 Å². The van der Waals surface area contributed by atoms with E-state index in [1.54, 1.807) is 4.68 Å². The molecule has 0 radical (unpaired) electrons. The first-order chi connectivity index (χ1) is 8.78. The van der Waals surface area contributed by atoms with Crippen LogP contribution in [0, 0.1) is 11.3 Å². The van der Waals surface area contributed by atoms with E-state index in [0.29, 0.717) is 6.42 Å². The summed E-state index contributed by atoms with van der Waals surface area (Å²) >= 11 is 0. The van der Waals surface area contributed by atoms with Crippen molar-refractivity contribution in [1.82, 2.24) is 9.78 Å². The lowest BCUT2D eigenvalue weighted by atomic mass is 10.2. The molecule has 2 heterocycles. The number of hydrogen-bond donors (Lipinski definition) is 0. The summed E-state index contributed by atoms with van der Waals surface area (Å²) < 4.78 is 7.52. The molecule has 0 N–H and O–H groups in total. The van der Waals surface area contributed by atoms with Crippen molar-refractivity contribution in [3.8, 4) is 17.5 Å². The molecule has 3 rings (SSSR count). The number of nitriles is 1. The maximum Gasteiger partial charge on any atom is 0.153 e. The Hall–Kier alpha value is -2.54. The first-order valence-corrected chi connectivity index (χ1v) is 5.67. The third kappa shape index (κ3) is 1.66. The maximum atomic E-state index is 8.68. The molecule has 4 heteroatoms. The third-order valence-corrected chi connectivity index (χ3v) is 2.87. The van der Waals surface area contributed by atoms with E-state index in [2.05, 4.69) is 11.2 Å². The van der Waals surface area contributed by atoms with Gasteiger partial charge in [-0.2, -0.15) is 10.4 Å². The Morgan fingerprint density at radius 2 is 2.17 bits per heavy atom. The highest BCUT2D eigenvalue weighted by Gasteiger charge is 2.11. The first kappa shape index (κ1) is 10.6. The van der Waals surface area contributed by atoms with Gasteiger partial charge in [-0.3, -0.25) is 4.68 Å². The van der Waals surface area contributed by atoms with Crippen LogP contribution in [0.2, 0.25) is 0 Å². The average molecular weight is 237 g/mol. The van der Waals surface area contributed by atoms with Crippen LogP contribution < -0.4 is 0 Å². The van der Waals surface area contributed by atoms with E-state index in [-0.39, 0.29) is 0 Å². The van der Waals surface area contributed by atoms with Gasteiger partial charge in [-0.25, -0.2) is 0 Å². The summed E-state index contributed by atoms with van der Waals surface area (Å²) in [4.78, 5) is 0. The van der Waals surface area contributed by atoms with Crippen molar-refractivity contribution in [2.75, 3.05) is 0 Å². The van der Waals surface area contributed by atoms with E-state index in [4.69, 9.17) is 9.68 Å². The average Bonchev–Trinajstić information content (AvgIpc) is 2.92. The Bertz CT molecular complexity index is 713. The lowest BCUT2D eigenvalue weighted by Gasteiger charge is -1.95. The largest absolute Gasteiger partial charge is 0.454 e. The third-order valence-electron chi connectivity index (χ3n) is 2.87. The second-order valence-corrected chi connectivity index (χ2v) is 4.13. The second kappa shape index (κ2) is 4.04. The number of para-hydroxylation sites is 1. The van der Waals surface area contributed by atoms with E-state index >= 15 is 0 Å². The molecule has 0 atom stereocenters. The molecule has 0 unspecified atom stereocenters. The van der Waals surface area contributed by atoms with Gasteiger partial charge in [0.25, 0.3) is 0 Å². The van der Waals surface area contributed by atoms with E-state index in [1.165, 1.54) is 0 Å². The molecule has 88 valence electrons. The van der Waals surface area contributed by atoms with Crippen molar-refractivity contribution in [1.29, 1.82) is 5.26 Å². The molecular formula is C14H11N3O. The van der Waals surface area contributed by atoms with Gasteiger partial charge in [0.15, 0.2) is 5.76 Å². The van der Waals surface area contributed by atoms with Gasteiger partial charge in [0.1, 0.15) is 11.3 Å². The summed E-state index contributed by atoms with van der Waals surface area (Å²) in [6, 6.07) is 13.8. The van der Waals surface area contributed by atoms with Crippen LogP contribution >= 0.6 is 0 Å². The van der Waals surface area contributed by atoms with Crippen LogP contribution in [-0.2, 0) is 13.5 Å². The monoisotopic (exact) mass is 237 g/mol. The molecule has 2 aromatic heterocycles. The van der Waals surface area contributed by atoms with Gasteiger partial charge in [0.05, 0.1) is 18.2 Å². The zero-order chi connectivity index (χ0) is 12.5. The fourth-order valence-electron chi connectivity index (χ4n) is 2.03. The van der Waals surface area contributed by atoms with Crippen LogP contribution in [0.5, 0.6) is 0 Å². The summed E-state index contributed by atoms with van der Waals surface area (Å²) in [6.45, 7) is 0. The molecule has 0 spiro atoms. The van der Waals surface area contributed by atoms with Crippen molar-refractivity contribution in [2.24, 2.45) is 7.05 Å². The Morgan fingerprint density at radius 3 is 2.94 bits per heavy atom. The van der Waals surface area contributed by atoms with Crippen LogP contribution in [0.25, 0.3) is 22.4 Å². The maximum absolute atomic E-state index is 8.68. The number of furan rings is 1. The molecule has 0 aliphatic rings. The molecule has 3 aromatic rings. The number of nitrogens with zero attached hydrogens (tertiary/aromatic N) is 3. The summed E-state index contributed by atoms with van der Waals surface area (Å²) in [6.07, 6.45) is 0.314. The first-order valence-electron chi connectivity index (χ1n) is 5.67. The molecule has 0 aliphatic heterocycles. The van der Waals surface area contributed by atoms with Crippen molar-refractivity contribution in [2.45, 2.75) is 6.42 Å². The van der Waals surface area contributed by atoms with Crippen LogP contribution in [0.3, 0.4) is 0 Å². The SMILES string of the molecule is Cn1nc(CC#N)cc1-c1cc2ccccc2o1. The fraction of sp³-hybridized carbons (Fsp3) is 0.143. The second-order valence-electron chi connectivity index (χ2n) is 4.13. The molecule has 0 fully saturated rings. The molecule has 0 aliphatic carbocycles. The standard InChI is InChI=1S/C14H11N3O/c1-17-12(9-11(16-17)6-7-15)14-8-10-4-2-3-5-13(10)18-14/h2-5,8-9H,6H2,1H3. The lowest BCUT2D eigenvalue weighted by Crippen LogP contribution is -1.93. The normalized spacial score (nSPS) is 10.7. The highest BCUT2D eigenvalue weighted by Crippen LogP contribution is 2.27. The van der Waals surface area contributed by atoms with Gasteiger partial charge in [-0.05, 0) is 18.2 Å². The molecular weight excluding hydrogens is 226 g/mol. The van der Waals surface area contributed by atoms with E-state index in [0.717, 1.165) is 28.1 Å². The van der Waals surface area contributed by atoms with Gasteiger partial charge < -0.3 is 4.42 Å². The molecule has 0 bridgehead atoms. The van der Waals surface area contributed by atoms with Gasteiger partial charge in [-0.1, -0.05) is 18.2 Å². The Kier molecular flexibility index (Phi) is 2.38. The minimum Gasteiger partial charge on any atom is -0.454 e. The smallest absolute Gasteiger partial charge is 0.153 e. The summed E-state index contributed by atoms with van der Waals surface area (Å²) in [5.74, 6) is 0.774. The Labute approximate surface area is 104 Å². The fourth-order valence-corrected chi connectivity index (χ4v) is 2.03. The van der Waals surface area contributed by atoms with Gasteiger partial charge in [0.2, 0.25) is 0 Å². The summed E-state index contributed by atoms with van der Waals surface area (Å²) in [5.41, 5.74) is 2.50. The van der Waals surface area contributed by atoms with Crippen molar-refractivity contribution in [3.63, 3.8) is 0 Å². The van der Waals surface area contributed by atoms with E-state index in [9.17, 15) is 0 Å². The molecule has 0 saturated carbocycles. The van der Waals surface area contributed by atoms with E-state index < -0.39 is 0 Å². The minimum absolute atomic E-state index is 0.314. The van der Waals surface area contributed by atoms with Crippen LogP contribution in [0.4, 0.5) is 0 Å². The van der Waals surface area contributed by atoms with Gasteiger partial charge >= 0.3 is 0 Å². The summed E-state index contributed by atoms with van der Waals surface area (Å²) in [7, 11) is 1.85. The van der Waals surface area contributed by atoms with Crippen LogP contribution in [-0.4, -0.2) is 9.78 Å². The van der Waals surface area contributed by atoms with E-state index in [1.807, 2.05) is 43.4 Å². The molecule has 0 amide bonds. The van der Waals surface area contributed by atoms with Crippen molar-refractivity contribution >= 4 is 11.0 Å². The number of aryl methyl sites for hydroxylation is 1. The molecule has 1 aromatic carbocycles. The number of hydrogen-bond acceptors (Lipinski definition) is 3. The number of fused-ring (bicyclic) bond motifs is 1. The quantitative estimate of drug-likeness (QED) is 0.688. The summed E-state index contributed by atoms with van der Waals surface area (Å²) in [5, 5.41) is 14.0. The molecule has 0 saturated heterocycles. The van der Waals surface area contributed by atoms with Crippen molar-refractivity contribution in [3.05, 3.63) is 42.1 Å². The number of rotatable bonds is 2. The topological polar surface area (TPSA) is 54.8 Å². The minimum atomic E-state index is 0.314. The highest BCUT2D eigenvalue weighted by atomic mass is 16.3. The highest BCUT2D eigenvalue weighted by molar-refractivity contribution is 5.82. The van der Waals surface area contributed by atoms with Crippen LogP contribution in [0.1, 0.15) is 5.69 Å².